The van der Waals surface area contributed by atoms with E-state index in [9.17, 15) is 4.21 Å². The van der Waals surface area contributed by atoms with Crippen molar-refractivity contribution in [2.75, 3.05) is 32.6 Å². The summed E-state index contributed by atoms with van der Waals surface area (Å²) in [5.41, 5.74) is 0. The van der Waals surface area contributed by atoms with Gasteiger partial charge in [-0.3, -0.25) is 4.21 Å². The van der Waals surface area contributed by atoms with Gasteiger partial charge in [-0.2, -0.15) is 0 Å². The fourth-order valence-electron chi connectivity index (χ4n) is 2.48. The molecular formula is C15H23NO3S. The largest absolute Gasteiger partial charge is 0.497 e. The first-order valence-corrected chi connectivity index (χ1v) is 8.40. The maximum absolute atomic E-state index is 12.5. The fourth-order valence-corrected chi connectivity index (χ4v) is 3.83. The minimum Gasteiger partial charge on any atom is -0.497 e. The second-order valence-electron chi connectivity index (χ2n) is 4.98. The Morgan fingerprint density at radius 2 is 2.20 bits per heavy atom. The van der Waals surface area contributed by atoms with E-state index in [4.69, 9.17) is 9.47 Å². The maximum Gasteiger partial charge on any atom is 0.118 e. The van der Waals surface area contributed by atoms with Crippen molar-refractivity contribution in [3.63, 3.8) is 0 Å². The average Bonchev–Trinajstić information content (AvgIpc) is 3.01. The van der Waals surface area contributed by atoms with Gasteiger partial charge in [0.15, 0.2) is 0 Å². The predicted octanol–water partition coefficient (Wildman–Crippen LogP) is 1.82. The molecule has 1 aliphatic rings. The van der Waals surface area contributed by atoms with Gasteiger partial charge in [-0.1, -0.05) is 6.92 Å². The molecule has 0 aromatic heterocycles. The van der Waals surface area contributed by atoms with Crippen molar-refractivity contribution in [3.05, 3.63) is 24.3 Å². The van der Waals surface area contributed by atoms with Crippen LogP contribution >= 0.6 is 0 Å². The molecule has 0 amide bonds. The van der Waals surface area contributed by atoms with Gasteiger partial charge in [0, 0.05) is 29.2 Å². The SMILES string of the molecule is CCNC(CS(=O)c1ccc(OC)cc1)C1CCOC1. The molecule has 20 heavy (non-hydrogen) atoms. The molecule has 1 aliphatic heterocycles. The van der Waals surface area contributed by atoms with Gasteiger partial charge in [-0.15, -0.1) is 0 Å². The lowest BCUT2D eigenvalue weighted by Gasteiger charge is -2.22. The molecule has 5 heteroatoms. The van der Waals surface area contributed by atoms with E-state index >= 15 is 0 Å². The van der Waals surface area contributed by atoms with Gasteiger partial charge in [-0.25, -0.2) is 0 Å². The van der Waals surface area contributed by atoms with E-state index in [0.29, 0.717) is 11.7 Å². The van der Waals surface area contributed by atoms with E-state index in [1.165, 1.54) is 0 Å². The van der Waals surface area contributed by atoms with E-state index in [2.05, 4.69) is 12.2 Å². The summed E-state index contributed by atoms with van der Waals surface area (Å²) >= 11 is 0. The third kappa shape index (κ3) is 4.04. The van der Waals surface area contributed by atoms with Crippen LogP contribution in [0.1, 0.15) is 13.3 Å². The summed E-state index contributed by atoms with van der Waals surface area (Å²) in [6, 6.07) is 7.72. The summed E-state index contributed by atoms with van der Waals surface area (Å²) in [6.07, 6.45) is 1.05. The van der Waals surface area contributed by atoms with E-state index in [1.807, 2.05) is 24.3 Å². The standard InChI is InChI=1S/C15H23NO3S/c1-3-16-15(12-8-9-19-10-12)11-20(17)14-6-4-13(18-2)5-7-14/h4-7,12,15-16H,3,8-11H2,1-2H3. The zero-order valence-corrected chi connectivity index (χ0v) is 12.9. The van der Waals surface area contributed by atoms with Crippen LogP contribution < -0.4 is 10.1 Å². The summed E-state index contributed by atoms with van der Waals surface area (Å²) in [5, 5.41) is 3.45. The van der Waals surface area contributed by atoms with Crippen LogP contribution in [0.2, 0.25) is 0 Å². The molecule has 1 fully saturated rings. The molecule has 2 rings (SSSR count). The van der Waals surface area contributed by atoms with Crippen molar-refractivity contribution in [1.29, 1.82) is 0 Å². The predicted molar refractivity (Wildman–Crippen MR) is 80.7 cm³/mol. The number of hydrogen-bond acceptors (Lipinski definition) is 4. The molecule has 0 saturated carbocycles. The van der Waals surface area contributed by atoms with Crippen molar-refractivity contribution in [3.8, 4) is 5.75 Å². The first kappa shape index (κ1) is 15.5. The van der Waals surface area contributed by atoms with E-state index in [1.54, 1.807) is 7.11 Å². The fraction of sp³-hybridized carbons (Fsp3) is 0.600. The lowest BCUT2D eigenvalue weighted by atomic mass is 10.0. The van der Waals surface area contributed by atoms with E-state index in [-0.39, 0.29) is 6.04 Å². The zero-order valence-electron chi connectivity index (χ0n) is 12.1. The molecule has 0 aliphatic carbocycles. The second kappa shape index (κ2) is 7.76. The number of nitrogens with one attached hydrogen (secondary N) is 1. The van der Waals surface area contributed by atoms with Crippen molar-refractivity contribution >= 4 is 10.8 Å². The van der Waals surface area contributed by atoms with Gasteiger partial charge >= 0.3 is 0 Å². The smallest absolute Gasteiger partial charge is 0.118 e. The minimum atomic E-state index is -0.995. The van der Waals surface area contributed by atoms with Crippen LogP contribution in [0.5, 0.6) is 5.75 Å². The molecule has 1 aromatic rings. The Labute approximate surface area is 123 Å². The van der Waals surface area contributed by atoms with Crippen molar-refractivity contribution < 1.29 is 13.7 Å². The highest BCUT2D eigenvalue weighted by atomic mass is 32.2. The Morgan fingerprint density at radius 1 is 1.45 bits per heavy atom. The number of rotatable bonds is 7. The molecule has 3 atom stereocenters. The Morgan fingerprint density at radius 3 is 2.75 bits per heavy atom. The highest BCUT2D eigenvalue weighted by Gasteiger charge is 2.26. The van der Waals surface area contributed by atoms with Crippen molar-refractivity contribution in [1.82, 2.24) is 5.32 Å². The maximum atomic E-state index is 12.5. The normalized spacial score (nSPS) is 21.6. The molecule has 0 radical (unpaired) electrons. The Bertz CT molecular complexity index is 429. The Kier molecular flexibility index (Phi) is 6.01. The van der Waals surface area contributed by atoms with Gasteiger partial charge in [0.25, 0.3) is 0 Å². The molecule has 1 N–H and O–H groups in total. The third-order valence-electron chi connectivity index (χ3n) is 3.65. The summed E-state index contributed by atoms with van der Waals surface area (Å²) in [6.45, 7) is 4.57. The quantitative estimate of drug-likeness (QED) is 0.834. The topological polar surface area (TPSA) is 47.6 Å². The second-order valence-corrected chi connectivity index (χ2v) is 6.47. The molecule has 1 saturated heterocycles. The number of ether oxygens (including phenoxy) is 2. The summed E-state index contributed by atoms with van der Waals surface area (Å²) in [4.78, 5) is 0.854. The molecule has 0 spiro atoms. The van der Waals surface area contributed by atoms with E-state index in [0.717, 1.165) is 36.8 Å². The lowest BCUT2D eigenvalue weighted by molar-refractivity contribution is 0.179. The monoisotopic (exact) mass is 297 g/mol. The van der Waals surface area contributed by atoms with Gasteiger partial charge < -0.3 is 14.8 Å². The van der Waals surface area contributed by atoms with Gasteiger partial charge in [0.2, 0.25) is 0 Å². The lowest BCUT2D eigenvalue weighted by Crippen LogP contribution is -2.40. The van der Waals surface area contributed by atoms with Gasteiger partial charge in [0.1, 0.15) is 5.75 Å². The van der Waals surface area contributed by atoms with Crippen LogP contribution in [-0.4, -0.2) is 42.9 Å². The highest BCUT2D eigenvalue weighted by molar-refractivity contribution is 7.85. The molecule has 1 aromatic carbocycles. The molecule has 1 heterocycles. The molecule has 0 bridgehead atoms. The highest BCUT2D eigenvalue weighted by Crippen LogP contribution is 2.20. The third-order valence-corrected chi connectivity index (χ3v) is 5.11. The van der Waals surface area contributed by atoms with Crippen molar-refractivity contribution in [2.45, 2.75) is 24.3 Å². The number of methoxy groups -OCH3 is 1. The number of benzene rings is 1. The molecule has 112 valence electrons. The van der Waals surface area contributed by atoms with Gasteiger partial charge in [-0.05, 0) is 37.2 Å². The first-order valence-electron chi connectivity index (χ1n) is 7.08. The van der Waals surface area contributed by atoms with Crippen molar-refractivity contribution in [2.24, 2.45) is 5.92 Å². The summed E-state index contributed by atoms with van der Waals surface area (Å²) < 4.78 is 23.0. The average molecular weight is 297 g/mol. The zero-order chi connectivity index (χ0) is 14.4. The van der Waals surface area contributed by atoms with Crippen LogP contribution in [0.15, 0.2) is 29.2 Å². The van der Waals surface area contributed by atoms with Crippen LogP contribution in [0.25, 0.3) is 0 Å². The van der Waals surface area contributed by atoms with Crippen LogP contribution in [-0.2, 0) is 15.5 Å². The Hall–Kier alpha value is -0.910. The summed E-state index contributed by atoms with van der Waals surface area (Å²) in [5.74, 6) is 1.89. The Balaban J connectivity index is 1.99. The van der Waals surface area contributed by atoms with E-state index < -0.39 is 10.8 Å². The number of hydrogen-bond donors (Lipinski definition) is 1. The molecular weight excluding hydrogens is 274 g/mol. The molecule has 3 unspecified atom stereocenters. The van der Waals surface area contributed by atoms with Crippen LogP contribution in [0.3, 0.4) is 0 Å². The van der Waals surface area contributed by atoms with Crippen LogP contribution in [0, 0.1) is 5.92 Å². The van der Waals surface area contributed by atoms with Crippen LogP contribution in [0.4, 0.5) is 0 Å². The minimum absolute atomic E-state index is 0.255. The molecule has 4 nitrogen and oxygen atoms in total. The first-order chi connectivity index (χ1) is 9.74. The summed E-state index contributed by atoms with van der Waals surface area (Å²) in [7, 11) is 0.637. The van der Waals surface area contributed by atoms with Gasteiger partial charge in [0.05, 0.1) is 24.5 Å².